The number of hydrogen-bond donors (Lipinski definition) is 1. The molecule has 0 radical (unpaired) electrons. The van der Waals surface area contributed by atoms with Gasteiger partial charge in [0.2, 0.25) is 0 Å². The molecule has 0 spiro atoms. The first-order valence-electron chi connectivity index (χ1n) is 8.20. The first-order chi connectivity index (χ1) is 13.7. The van der Waals surface area contributed by atoms with Gasteiger partial charge in [0, 0.05) is 7.11 Å². The number of methoxy groups -OCH3 is 1. The summed E-state index contributed by atoms with van der Waals surface area (Å²) in [7, 11) is 1.45. The van der Waals surface area contributed by atoms with Crippen molar-refractivity contribution in [1.29, 1.82) is 5.26 Å². The molecule has 0 heterocycles. The lowest BCUT2D eigenvalue weighted by Gasteiger charge is -2.15. The molecule has 0 saturated carbocycles. The maximum absolute atomic E-state index is 13.0. The zero-order chi connectivity index (χ0) is 21.4. The van der Waals surface area contributed by atoms with Crippen molar-refractivity contribution >= 4 is 23.2 Å². The summed E-state index contributed by atoms with van der Waals surface area (Å²) < 4.78 is 54.4. The maximum Gasteiger partial charge on any atom is 0.416 e. The van der Waals surface area contributed by atoms with E-state index in [0.29, 0.717) is 5.56 Å². The summed E-state index contributed by atoms with van der Waals surface area (Å²) >= 11 is 5.95. The Morgan fingerprint density at radius 1 is 1.14 bits per heavy atom. The summed E-state index contributed by atoms with van der Waals surface area (Å²) in [5.74, 6) is -0.512. The zero-order valence-corrected chi connectivity index (χ0v) is 15.9. The summed E-state index contributed by atoms with van der Waals surface area (Å²) in [5.41, 5.74) is -0.785. The van der Waals surface area contributed by atoms with Gasteiger partial charge in [0.05, 0.1) is 34.5 Å². The highest BCUT2D eigenvalue weighted by molar-refractivity contribution is 6.32. The molecule has 0 aliphatic rings. The van der Waals surface area contributed by atoms with Crippen LogP contribution in [0.25, 0.3) is 0 Å². The van der Waals surface area contributed by atoms with E-state index >= 15 is 0 Å². The fourth-order valence-corrected chi connectivity index (χ4v) is 2.42. The molecule has 29 heavy (non-hydrogen) atoms. The topological polar surface area (TPSA) is 80.6 Å². The van der Waals surface area contributed by atoms with Gasteiger partial charge in [-0.25, -0.2) is 0 Å². The summed E-state index contributed by atoms with van der Waals surface area (Å²) in [5, 5.41) is 11.3. The maximum atomic E-state index is 13.0. The van der Waals surface area contributed by atoms with E-state index in [4.69, 9.17) is 31.1 Å². The Bertz CT molecular complexity index is 913. The molecule has 0 aliphatic heterocycles. The van der Waals surface area contributed by atoms with Crippen molar-refractivity contribution < 1.29 is 32.2 Å². The van der Waals surface area contributed by atoms with Crippen LogP contribution in [0.3, 0.4) is 0 Å². The molecule has 0 fully saturated rings. The molecule has 0 atom stereocenters. The lowest BCUT2D eigenvalue weighted by molar-refractivity contribution is -0.137. The van der Waals surface area contributed by atoms with Crippen molar-refractivity contribution in [2.45, 2.75) is 6.18 Å². The van der Waals surface area contributed by atoms with Gasteiger partial charge in [0.15, 0.2) is 6.61 Å². The smallest absolute Gasteiger partial charge is 0.416 e. The van der Waals surface area contributed by atoms with E-state index in [1.165, 1.54) is 25.3 Å². The molecule has 0 bridgehead atoms. The molecular formula is C19H16ClF3N2O4. The molecule has 1 N–H and O–H groups in total. The van der Waals surface area contributed by atoms with E-state index in [2.05, 4.69) is 5.32 Å². The van der Waals surface area contributed by atoms with Gasteiger partial charge in [0.25, 0.3) is 5.91 Å². The first-order valence-corrected chi connectivity index (χ1v) is 8.57. The van der Waals surface area contributed by atoms with E-state index < -0.39 is 24.3 Å². The van der Waals surface area contributed by atoms with Gasteiger partial charge in [0.1, 0.15) is 18.1 Å². The Morgan fingerprint density at radius 2 is 1.86 bits per heavy atom. The Hall–Kier alpha value is -2.96. The van der Waals surface area contributed by atoms with Crippen molar-refractivity contribution in [1.82, 2.24) is 0 Å². The lowest BCUT2D eigenvalue weighted by Crippen LogP contribution is -2.21. The van der Waals surface area contributed by atoms with Crippen LogP contribution in [0.2, 0.25) is 5.02 Å². The lowest BCUT2D eigenvalue weighted by atomic mass is 10.1. The van der Waals surface area contributed by atoms with E-state index in [1.807, 2.05) is 6.07 Å². The van der Waals surface area contributed by atoms with Crippen LogP contribution in [0.4, 0.5) is 18.9 Å². The van der Waals surface area contributed by atoms with Crippen LogP contribution in [-0.4, -0.2) is 32.8 Å². The Kier molecular flexibility index (Phi) is 7.70. The highest BCUT2D eigenvalue weighted by Gasteiger charge is 2.31. The molecule has 154 valence electrons. The van der Waals surface area contributed by atoms with Gasteiger partial charge in [-0.05, 0) is 36.4 Å². The standard InChI is InChI=1S/C19H16ClF3N2O4/c1-27-6-7-28-17-5-3-13(19(21,22)23)9-15(17)25-18(26)11-29-16-4-2-12(10-24)8-14(16)20/h2-5,8-9H,6-7,11H2,1H3,(H,25,26). The van der Waals surface area contributed by atoms with Crippen LogP contribution in [0, 0.1) is 11.3 Å². The van der Waals surface area contributed by atoms with Gasteiger partial charge in [-0.3, -0.25) is 4.79 Å². The molecule has 10 heteroatoms. The third kappa shape index (κ3) is 6.55. The van der Waals surface area contributed by atoms with Crippen LogP contribution in [0.15, 0.2) is 36.4 Å². The number of anilines is 1. The largest absolute Gasteiger partial charge is 0.489 e. The number of nitrogens with zero attached hydrogens (tertiary/aromatic N) is 1. The number of ether oxygens (including phenoxy) is 3. The number of halogens is 4. The van der Waals surface area contributed by atoms with Gasteiger partial charge in [-0.2, -0.15) is 18.4 Å². The summed E-state index contributed by atoms with van der Waals surface area (Å²) in [4.78, 5) is 12.2. The molecule has 2 rings (SSSR count). The van der Waals surface area contributed by atoms with Gasteiger partial charge >= 0.3 is 6.18 Å². The minimum atomic E-state index is -4.59. The SMILES string of the molecule is COCCOc1ccc(C(F)(F)F)cc1NC(=O)COc1ccc(C#N)cc1Cl. The van der Waals surface area contributed by atoms with Crippen LogP contribution in [-0.2, 0) is 15.7 Å². The average molecular weight is 429 g/mol. The zero-order valence-electron chi connectivity index (χ0n) is 15.2. The number of carbonyl (C=O) groups excluding carboxylic acids is 1. The van der Waals surface area contributed by atoms with E-state index in [0.717, 1.165) is 18.2 Å². The summed E-state index contributed by atoms with van der Waals surface area (Å²) in [6.45, 7) is -0.212. The van der Waals surface area contributed by atoms with Crippen molar-refractivity contribution in [3.63, 3.8) is 0 Å². The summed E-state index contributed by atoms with van der Waals surface area (Å²) in [6.07, 6.45) is -4.59. The molecule has 1 amide bonds. The predicted octanol–water partition coefficient (Wildman–Crippen LogP) is 4.27. The Labute approximate surface area is 169 Å². The van der Waals surface area contributed by atoms with E-state index in [1.54, 1.807) is 0 Å². The number of benzene rings is 2. The number of nitrogens with one attached hydrogen (secondary N) is 1. The molecule has 0 aromatic heterocycles. The second-order valence-corrected chi connectivity index (χ2v) is 6.05. The Balaban J connectivity index is 2.11. The van der Waals surface area contributed by atoms with Crippen LogP contribution in [0.1, 0.15) is 11.1 Å². The highest BCUT2D eigenvalue weighted by atomic mass is 35.5. The second-order valence-electron chi connectivity index (χ2n) is 5.64. The molecule has 0 aliphatic carbocycles. The quantitative estimate of drug-likeness (QED) is 0.635. The normalized spacial score (nSPS) is 10.9. The second kappa shape index (κ2) is 10.0. The van der Waals surface area contributed by atoms with Crippen molar-refractivity contribution in [2.24, 2.45) is 0 Å². The van der Waals surface area contributed by atoms with Crippen molar-refractivity contribution in [3.05, 3.63) is 52.5 Å². The molecular weight excluding hydrogens is 413 g/mol. The highest BCUT2D eigenvalue weighted by Crippen LogP contribution is 2.35. The fourth-order valence-electron chi connectivity index (χ4n) is 2.18. The van der Waals surface area contributed by atoms with Gasteiger partial charge in [-0.1, -0.05) is 11.6 Å². The van der Waals surface area contributed by atoms with Crippen LogP contribution >= 0.6 is 11.6 Å². The average Bonchev–Trinajstić information content (AvgIpc) is 2.67. The van der Waals surface area contributed by atoms with E-state index in [9.17, 15) is 18.0 Å². The minimum absolute atomic E-state index is 0.0554. The van der Waals surface area contributed by atoms with Gasteiger partial charge in [-0.15, -0.1) is 0 Å². The number of amides is 1. The molecule has 2 aromatic carbocycles. The molecule has 2 aromatic rings. The number of hydrogen-bond acceptors (Lipinski definition) is 5. The summed E-state index contributed by atoms with van der Waals surface area (Å²) in [6, 6.07) is 8.88. The number of rotatable bonds is 8. The monoisotopic (exact) mass is 428 g/mol. The van der Waals surface area contributed by atoms with Crippen molar-refractivity contribution in [2.75, 3.05) is 32.2 Å². The molecule has 0 saturated heterocycles. The molecule has 0 unspecified atom stereocenters. The number of nitriles is 1. The molecule has 6 nitrogen and oxygen atoms in total. The van der Waals surface area contributed by atoms with Crippen LogP contribution < -0.4 is 14.8 Å². The number of alkyl halides is 3. The number of carbonyl (C=O) groups is 1. The predicted molar refractivity (Wildman–Crippen MR) is 99.1 cm³/mol. The van der Waals surface area contributed by atoms with Crippen LogP contribution in [0.5, 0.6) is 11.5 Å². The first kappa shape index (κ1) is 22.3. The van der Waals surface area contributed by atoms with E-state index in [-0.39, 0.29) is 35.4 Å². The van der Waals surface area contributed by atoms with Gasteiger partial charge < -0.3 is 19.5 Å². The minimum Gasteiger partial charge on any atom is -0.489 e. The fraction of sp³-hybridized carbons (Fsp3) is 0.263. The third-order valence-electron chi connectivity index (χ3n) is 3.55. The van der Waals surface area contributed by atoms with Crippen molar-refractivity contribution in [3.8, 4) is 17.6 Å². The third-order valence-corrected chi connectivity index (χ3v) is 3.84. The Morgan fingerprint density at radius 3 is 2.48 bits per heavy atom.